The highest BCUT2D eigenvalue weighted by Gasteiger charge is 2.35. The summed E-state index contributed by atoms with van der Waals surface area (Å²) in [5.74, 6) is 0.966. The van der Waals surface area contributed by atoms with Crippen LogP contribution in [0.15, 0.2) is 30.3 Å². The Balaban J connectivity index is 2.48. The van der Waals surface area contributed by atoms with Gasteiger partial charge < -0.3 is 9.64 Å². The molecule has 0 saturated heterocycles. The first-order chi connectivity index (χ1) is 10.1. The van der Waals surface area contributed by atoms with Gasteiger partial charge in [-0.05, 0) is 31.9 Å². The van der Waals surface area contributed by atoms with Crippen molar-refractivity contribution in [3.8, 4) is 5.75 Å². The van der Waals surface area contributed by atoms with Crippen molar-refractivity contribution in [1.82, 2.24) is 4.90 Å². The summed E-state index contributed by atoms with van der Waals surface area (Å²) in [7, 11) is 0. The second-order valence-electron chi connectivity index (χ2n) is 5.77. The molecule has 114 valence electrons. The number of rotatable bonds is 4. The lowest BCUT2D eigenvalue weighted by Crippen LogP contribution is -2.33. The summed E-state index contributed by atoms with van der Waals surface area (Å²) in [6, 6.07) is 7.99. The van der Waals surface area contributed by atoms with E-state index in [0.717, 1.165) is 36.4 Å². The maximum atomic E-state index is 12.5. The Morgan fingerprint density at radius 2 is 1.95 bits per heavy atom. The van der Waals surface area contributed by atoms with Gasteiger partial charge in [0.05, 0.1) is 6.61 Å². The molecule has 0 aromatic heterocycles. The fourth-order valence-electron chi connectivity index (χ4n) is 2.75. The molecule has 21 heavy (non-hydrogen) atoms. The average Bonchev–Trinajstić information content (AvgIpc) is 2.51. The minimum Gasteiger partial charge on any atom is -0.492 e. The van der Waals surface area contributed by atoms with Crippen LogP contribution in [0.3, 0.4) is 0 Å². The first-order valence-corrected chi connectivity index (χ1v) is 7.79. The molecule has 0 fully saturated rings. The summed E-state index contributed by atoms with van der Waals surface area (Å²) in [6.45, 7) is 10.4. The van der Waals surface area contributed by atoms with Crippen LogP contribution in [0, 0.1) is 5.41 Å². The highest BCUT2D eigenvalue weighted by atomic mass is 16.5. The predicted octanol–water partition coefficient (Wildman–Crippen LogP) is 3.75. The maximum Gasteiger partial charge on any atom is 0.246 e. The summed E-state index contributed by atoms with van der Waals surface area (Å²) in [6.07, 6.45) is 2.76. The Labute approximate surface area is 127 Å². The molecule has 0 N–H and O–H groups in total. The number of hydrogen-bond acceptors (Lipinski definition) is 2. The standard InChI is InChI=1S/C18H25NO2/c1-5-18(4)13-21-16-11-9-8-10-14(16)15(18)12-17(20)19(6-2)7-3/h8-12H,5-7,13H2,1-4H3/b15-12+/t18-/m1/s1. The fraction of sp³-hybridized carbons (Fsp3) is 0.500. The quantitative estimate of drug-likeness (QED) is 0.789. The van der Waals surface area contributed by atoms with Gasteiger partial charge in [0.1, 0.15) is 5.75 Å². The van der Waals surface area contributed by atoms with Crippen LogP contribution in [0.5, 0.6) is 5.75 Å². The van der Waals surface area contributed by atoms with Gasteiger partial charge in [-0.3, -0.25) is 4.79 Å². The molecular weight excluding hydrogens is 262 g/mol. The number of likely N-dealkylation sites (N-methyl/N-ethyl adjacent to an activating group) is 1. The largest absolute Gasteiger partial charge is 0.492 e. The Hall–Kier alpha value is -1.77. The Bertz CT molecular complexity index is 546. The van der Waals surface area contributed by atoms with Gasteiger partial charge in [-0.25, -0.2) is 0 Å². The summed E-state index contributed by atoms with van der Waals surface area (Å²) in [5.41, 5.74) is 2.04. The van der Waals surface area contributed by atoms with E-state index in [2.05, 4.69) is 13.8 Å². The van der Waals surface area contributed by atoms with Crippen LogP contribution in [-0.4, -0.2) is 30.5 Å². The van der Waals surface area contributed by atoms with Crippen molar-refractivity contribution in [3.05, 3.63) is 35.9 Å². The van der Waals surface area contributed by atoms with E-state index in [1.165, 1.54) is 0 Å². The molecule has 2 rings (SSSR count). The van der Waals surface area contributed by atoms with E-state index in [0.29, 0.717) is 6.61 Å². The van der Waals surface area contributed by atoms with Crippen molar-refractivity contribution < 1.29 is 9.53 Å². The SMILES string of the molecule is CCN(CC)C(=O)/C=C1\c2ccccc2OC[C@@]1(C)CC. The summed E-state index contributed by atoms with van der Waals surface area (Å²) in [4.78, 5) is 14.3. The normalized spacial score (nSPS) is 22.6. The number of nitrogens with zero attached hydrogens (tertiary/aromatic N) is 1. The van der Waals surface area contributed by atoms with E-state index in [9.17, 15) is 4.79 Å². The number of carbonyl (C=O) groups is 1. The molecule has 1 aliphatic heterocycles. The molecule has 0 saturated carbocycles. The zero-order chi connectivity index (χ0) is 15.5. The Kier molecular flexibility index (Phi) is 4.71. The molecule has 0 radical (unpaired) electrons. The predicted molar refractivity (Wildman–Crippen MR) is 86.2 cm³/mol. The number of benzene rings is 1. The second-order valence-corrected chi connectivity index (χ2v) is 5.77. The molecule has 3 heteroatoms. The fourth-order valence-corrected chi connectivity index (χ4v) is 2.75. The Morgan fingerprint density at radius 3 is 2.57 bits per heavy atom. The molecule has 0 bridgehead atoms. The first kappa shape index (κ1) is 15.6. The van der Waals surface area contributed by atoms with Crippen LogP contribution < -0.4 is 4.74 Å². The summed E-state index contributed by atoms with van der Waals surface area (Å²) >= 11 is 0. The van der Waals surface area contributed by atoms with Gasteiger partial charge in [0.15, 0.2) is 0 Å². The van der Waals surface area contributed by atoms with Gasteiger partial charge in [0.2, 0.25) is 5.91 Å². The van der Waals surface area contributed by atoms with E-state index in [4.69, 9.17) is 4.74 Å². The summed E-state index contributed by atoms with van der Waals surface area (Å²) in [5, 5.41) is 0. The molecular formula is C18H25NO2. The minimum absolute atomic E-state index is 0.0892. The molecule has 1 aromatic rings. The lowest BCUT2D eigenvalue weighted by Gasteiger charge is -2.37. The van der Waals surface area contributed by atoms with Gasteiger partial charge in [-0.1, -0.05) is 32.0 Å². The van der Waals surface area contributed by atoms with Gasteiger partial charge >= 0.3 is 0 Å². The minimum atomic E-state index is -0.114. The zero-order valence-corrected chi connectivity index (χ0v) is 13.5. The molecule has 1 aliphatic rings. The van der Waals surface area contributed by atoms with Crippen LogP contribution in [0.1, 0.15) is 39.7 Å². The van der Waals surface area contributed by atoms with Crippen LogP contribution >= 0.6 is 0 Å². The van der Waals surface area contributed by atoms with Crippen molar-refractivity contribution >= 4 is 11.5 Å². The number of para-hydroxylation sites is 1. The smallest absolute Gasteiger partial charge is 0.246 e. The third-order valence-corrected chi connectivity index (χ3v) is 4.50. The monoisotopic (exact) mass is 287 g/mol. The van der Waals surface area contributed by atoms with Gasteiger partial charge in [-0.2, -0.15) is 0 Å². The topological polar surface area (TPSA) is 29.5 Å². The van der Waals surface area contributed by atoms with Crippen molar-refractivity contribution in [3.63, 3.8) is 0 Å². The number of amides is 1. The van der Waals surface area contributed by atoms with E-state index < -0.39 is 0 Å². The highest BCUT2D eigenvalue weighted by Crippen LogP contribution is 2.45. The van der Waals surface area contributed by atoms with Crippen LogP contribution in [0.4, 0.5) is 0 Å². The van der Waals surface area contributed by atoms with E-state index in [-0.39, 0.29) is 11.3 Å². The van der Waals surface area contributed by atoms with E-state index >= 15 is 0 Å². The molecule has 0 spiro atoms. The van der Waals surface area contributed by atoms with Crippen molar-refractivity contribution in [2.24, 2.45) is 5.41 Å². The van der Waals surface area contributed by atoms with Crippen LogP contribution in [0.2, 0.25) is 0 Å². The second kappa shape index (κ2) is 6.33. The Morgan fingerprint density at radius 1 is 1.29 bits per heavy atom. The third-order valence-electron chi connectivity index (χ3n) is 4.50. The van der Waals surface area contributed by atoms with Crippen LogP contribution in [0.25, 0.3) is 5.57 Å². The number of hydrogen-bond donors (Lipinski definition) is 0. The molecule has 3 nitrogen and oxygen atoms in total. The molecule has 0 aliphatic carbocycles. The zero-order valence-electron chi connectivity index (χ0n) is 13.5. The number of ether oxygens (including phenoxy) is 1. The van der Waals surface area contributed by atoms with Gasteiger partial charge in [0.25, 0.3) is 0 Å². The third kappa shape index (κ3) is 2.97. The van der Waals surface area contributed by atoms with Gasteiger partial charge in [-0.15, -0.1) is 0 Å². The van der Waals surface area contributed by atoms with E-state index in [1.54, 1.807) is 0 Å². The lowest BCUT2D eigenvalue weighted by atomic mass is 9.75. The maximum absolute atomic E-state index is 12.5. The molecule has 1 aromatic carbocycles. The molecule has 1 atom stereocenters. The summed E-state index contributed by atoms with van der Waals surface area (Å²) < 4.78 is 5.89. The van der Waals surface area contributed by atoms with Crippen molar-refractivity contribution in [2.75, 3.05) is 19.7 Å². The van der Waals surface area contributed by atoms with Gasteiger partial charge in [0, 0.05) is 30.1 Å². The highest BCUT2D eigenvalue weighted by molar-refractivity contribution is 5.97. The van der Waals surface area contributed by atoms with Crippen molar-refractivity contribution in [2.45, 2.75) is 34.1 Å². The molecule has 1 amide bonds. The first-order valence-electron chi connectivity index (χ1n) is 7.79. The number of carbonyl (C=O) groups excluding carboxylic acids is 1. The molecule has 1 heterocycles. The molecule has 0 unspecified atom stereocenters. The number of fused-ring (bicyclic) bond motifs is 1. The van der Waals surface area contributed by atoms with Crippen LogP contribution in [-0.2, 0) is 4.79 Å². The van der Waals surface area contributed by atoms with Crippen molar-refractivity contribution in [1.29, 1.82) is 0 Å². The average molecular weight is 287 g/mol. The lowest BCUT2D eigenvalue weighted by molar-refractivity contribution is -0.125. The van der Waals surface area contributed by atoms with E-state index in [1.807, 2.05) is 49.1 Å².